The Balaban J connectivity index is 1.58. The zero-order chi connectivity index (χ0) is 30.1. The summed E-state index contributed by atoms with van der Waals surface area (Å²) in [5.74, 6) is -0.942. The second kappa shape index (κ2) is 13.6. The highest BCUT2D eigenvalue weighted by Gasteiger charge is 2.44. The van der Waals surface area contributed by atoms with E-state index in [9.17, 15) is 32.7 Å². The number of hydrogen-bond acceptors (Lipinski definition) is 5. The van der Waals surface area contributed by atoms with Crippen LogP contribution >= 0.6 is 0 Å². The van der Waals surface area contributed by atoms with Crippen LogP contribution in [0.5, 0.6) is 0 Å². The smallest absolute Gasteiger partial charge is 0.416 e. The Hall–Kier alpha value is -4.90. The van der Waals surface area contributed by atoms with Gasteiger partial charge < -0.3 is 15.2 Å². The van der Waals surface area contributed by atoms with E-state index in [0.29, 0.717) is 11.1 Å². The maximum absolute atomic E-state index is 13.5. The van der Waals surface area contributed by atoms with E-state index in [1.807, 2.05) is 6.07 Å². The van der Waals surface area contributed by atoms with Gasteiger partial charge >= 0.3 is 12.3 Å². The molecule has 2 amide bonds. The molecule has 0 bridgehead atoms. The van der Waals surface area contributed by atoms with Crippen LogP contribution in [0.2, 0.25) is 0 Å². The molecule has 3 N–H and O–H groups in total. The number of pyridine rings is 1. The Morgan fingerprint density at radius 1 is 0.833 bits per heavy atom. The van der Waals surface area contributed by atoms with E-state index in [0.717, 1.165) is 10.1 Å². The van der Waals surface area contributed by atoms with Gasteiger partial charge in [-0.1, -0.05) is 91.0 Å². The minimum Gasteiger partial charge on any atom is -0.444 e. The van der Waals surface area contributed by atoms with Gasteiger partial charge in [0, 0.05) is 0 Å². The summed E-state index contributed by atoms with van der Waals surface area (Å²) < 4.78 is 46.6. The van der Waals surface area contributed by atoms with Crippen LogP contribution in [0.1, 0.15) is 11.1 Å². The molecule has 11 heteroatoms. The third-order valence-electron chi connectivity index (χ3n) is 6.36. The number of carbonyl (C=O) groups excluding carboxylic acids is 2. The SMILES string of the molecule is O=C(Cn1c(-c2ccccc2)ccc(NC(=O)OCc2ccccc2)c1=O)NC(Cc1ccccc1)C(O)C(F)(F)F. The Morgan fingerprint density at radius 3 is 2.00 bits per heavy atom. The van der Waals surface area contributed by atoms with Crippen molar-refractivity contribution >= 4 is 17.7 Å². The number of benzene rings is 3. The highest BCUT2D eigenvalue weighted by molar-refractivity contribution is 5.85. The van der Waals surface area contributed by atoms with E-state index in [2.05, 4.69) is 10.6 Å². The van der Waals surface area contributed by atoms with Crippen LogP contribution in [-0.2, 0) is 29.1 Å². The molecule has 3 aromatic carbocycles. The van der Waals surface area contributed by atoms with Gasteiger partial charge in [0.05, 0.1) is 11.7 Å². The first-order chi connectivity index (χ1) is 20.1. The number of aliphatic hydroxyl groups is 1. The highest BCUT2D eigenvalue weighted by atomic mass is 19.4. The van der Waals surface area contributed by atoms with Crippen LogP contribution in [0.3, 0.4) is 0 Å². The number of rotatable bonds is 10. The van der Waals surface area contributed by atoms with Crippen molar-refractivity contribution in [3.8, 4) is 11.3 Å². The van der Waals surface area contributed by atoms with Gasteiger partial charge in [-0.25, -0.2) is 4.79 Å². The maximum atomic E-state index is 13.5. The largest absolute Gasteiger partial charge is 0.444 e. The fourth-order valence-electron chi connectivity index (χ4n) is 4.29. The molecule has 42 heavy (non-hydrogen) atoms. The summed E-state index contributed by atoms with van der Waals surface area (Å²) >= 11 is 0. The van der Waals surface area contributed by atoms with E-state index in [1.165, 1.54) is 12.1 Å². The third-order valence-corrected chi connectivity index (χ3v) is 6.36. The molecule has 0 aliphatic rings. The van der Waals surface area contributed by atoms with Crippen molar-refractivity contribution in [1.82, 2.24) is 9.88 Å². The van der Waals surface area contributed by atoms with Gasteiger partial charge in [-0.3, -0.25) is 19.5 Å². The Bertz CT molecular complexity index is 1550. The van der Waals surface area contributed by atoms with Crippen LogP contribution in [0.15, 0.2) is 108 Å². The molecule has 0 aliphatic heterocycles. The zero-order valence-electron chi connectivity index (χ0n) is 22.3. The molecule has 0 spiro atoms. The molecule has 4 aromatic rings. The molecule has 0 radical (unpaired) electrons. The van der Waals surface area contributed by atoms with Crippen molar-refractivity contribution in [3.63, 3.8) is 0 Å². The molecule has 8 nitrogen and oxygen atoms in total. The summed E-state index contributed by atoms with van der Waals surface area (Å²) in [6.45, 7) is -0.733. The van der Waals surface area contributed by atoms with E-state index < -0.39 is 42.4 Å². The van der Waals surface area contributed by atoms with Crippen molar-refractivity contribution in [2.24, 2.45) is 0 Å². The zero-order valence-corrected chi connectivity index (χ0v) is 22.3. The topological polar surface area (TPSA) is 110 Å². The second-order valence-electron chi connectivity index (χ2n) is 9.43. The minimum absolute atomic E-state index is 0.0459. The first-order valence-electron chi connectivity index (χ1n) is 13.0. The van der Waals surface area contributed by atoms with Gasteiger partial charge in [0.25, 0.3) is 5.56 Å². The van der Waals surface area contributed by atoms with Gasteiger partial charge in [-0.05, 0) is 35.2 Å². The predicted octanol–water partition coefficient (Wildman–Crippen LogP) is 4.91. The molecule has 4 rings (SSSR count). The van der Waals surface area contributed by atoms with Gasteiger partial charge in [0.1, 0.15) is 18.8 Å². The first-order valence-corrected chi connectivity index (χ1v) is 13.0. The number of anilines is 1. The molecule has 218 valence electrons. The number of halogens is 3. The van der Waals surface area contributed by atoms with E-state index in [1.54, 1.807) is 84.9 Å². The molecule has 0 fully saturated rings. The van der Waals surface area contributed by atoms with Gasteiger partial charge in [0.2, 0.25) is 5.91 Å². The number of alkyl halides is 3. The molecular weight excluding hydrogens is 551 g/mol. The molecule has 2 atom stereocenters. The Labute approximate surface area is 239 Å². The predicted molar refractivity (Wildman–Crippen MR) is 151 cm³/mol. The average Bonchev–Trinajstić information content (AvgIpc) is 2.98. The Kier molecular flexibility index (Phi) is 9.77. The summed E-state index contributed by atoms with van der Waals surface area (Å²) in [7, 11) is 0. The Morgan fingerprint density at radius 2 is 1.40 bits per heavy atom. The number of aromatic nitrogens is 1. The van der Waals surface area contributed by atoms with Gasteiger partial charge in [-0.15, -0.1) is 0 Å². The fraction of sp³-hybridized carbons (Fsp3) is 0.194. The molecule has 1 aromatic heterocycles. The standard InChI is InChI=1S/C31H28F3N3O5/c32-31(33,34)28(39)25(18-21-10-4-1-5-11-21)35-27(38)19-37-26(23-14-8-3-9-15-23)17-16-24(29(37)40)36-30(41)42-20-22-12-6-2-7-13-22/h1-17,25,28,39H,18-20H2,(H,35,38)(H,36,41). The lowest BCUT2D eigenvalue weighted by atomic mass is 10.0. The summed E-state index contributed by atoms with van der Waals surface area (Å²) in [6, 6.07) is 26.7. The second-order valence-corrected chi connectivity index (χ2v) is 9.43. The monoisotopic (exact) mass is 579 g/mol. The number of nitrogens with zero attached hydrogens (tertiary/aromatic N) is 1. The number of carbonyl (C=O) groups is 2. The fourth-order valence-corrected chi connectivity index (χ4v) is 4.29. The van der Waals surface area contributed by atoms with Crippen LogP contribution in [0.4, 0.5) is 23.7 Å². The lowest BCUT2D eigenvalue weighted by Gasteiger charge is -2.26. The number of amides is 2. The maximum Gasteiger partial charge on any atom is 0.416 e. The minimum atomic E-state index is -5.00. The summed E-state index contributed by atoms with van der Waals surface area (Å²) in [6.07, 6.45) is -9.05. The van der Waals surface area contributed by atoms with Gasteiger partial charge in [0.15, 0.2) is 6.10 Å². The van der Waals surface area contributed by atoms with E-state index in [4.69, 9.17) is 4.74 Å². The summed E-state index contributed by atoms with van der Waals surface area (Å²) in [4.78, 5) is 39.0. The number of nitrogens with one attached hydrogen (secondary N) is 2. The summed E-state index contributed by atoms with van der Waals surface area (Å²) in [5, 5.41) is 14.6. The molecular formula is C31H28F3N3O5. The third kappa shape index (κ3) is 8.07. The highest BCUT2D eigenvalue weighted by Crippen LogP contribution is 2.25. The van der Waals surface area contributed by atoms with E-state index in [-0.39, 0.29) is 24.4 Å². The van der Waals surface area contributed by atoms with Crippen LogP contribution in [0.25, 0.3) is 11.3 Å². The molecule has 0 saturated carbocycles. The normalized spacial score (nSPS) is 12.7. The molecule has 2 unspecified atom stereocenters. The number of hydrogen-bond donors (Lipinski definition) is 3. The average molecular weight is 580 g/mol. The van der Waals surface area contributed by atoms with Crippen molar-refractivity contribution in [3.05, 3.63) is 125 Å². The van der Waals surface area contributed by atoms with Crippen molar-refractivity contribution in [1.29, 1.82) is 0 Å². The summed E-state index contributed by atoms with van der Waals surface area (Å²) in [5.41, 5.74) is 1.06. The molecule has 0 saturated heterocycles. The first kappa shape index (κ1) is 30.1. The number of aliphatic hydroxyl groups excluding tert-OH is 1. The van der Waals surface area contributed by atoms with Crippen LogP contribution in [-0.4, -0.2) is 40.0 Å². The lowest BCUT2D eigenvalue weighted by molar-refractivity contribution is -0.212. The number of ether oxygens (including phenoxy) is 1. The quantitative estimate of drug-likeness (QED) is 0.247. The molecule has 1 heterocycles. The molecule has 0 aliphatic carbocycles. The van der Waals surface area contributed by atoms with Gasteiger partial charge in [-0.2, -0.15) is 13.2 Å². The van der Waals surface area contributed by atoms with Crippen molar-refractivity contribution < 1.29 is 32.6 Å². The van der Waals surface area contributed by atoms with Crippen molar-refractivity contribution in [2.45, 2.75) is 37.9 Å². The van der Waals surface area contributed by atoms with E-state index >= 15 is 0 Å². The van der Waals surface area contributed by atoms with Crippen LogP contribution < -0.4 is 16.2 Å². The lowest BCUT2D eigenvalue weighted by Crippen LogP contribution is -2.52. The van der Waals surface area contributed by atoms with Crippen LogP contribution in [0, 0.1) is 0 Å². The van der Waals surface area contributed by atoms with Crippen molar-refractivity contribution in [2.75, 3.05) is 5.32 Å².